The monoisotopic (exact) mass is 439 g/mol. The van der Waals surface area contributed by atoms with Gasteiger partial charge in [-0.15, -0.1) is 11.3 Å². The molecule has 7 nitrogen and oxygen atoms in total. The smallest absolute Gasteiger partial charge is 0.260 e. The maximum atomic E-state index is 12.3. The van der Waals surface area contributed by atoms with Gasteiger partial charge in [-0.05, 0) is 30.9 Å². The third-order valence-electron chi connectivity index (χ3n) is 4.82. The highest BCUT2D eigenvalue weighted by Crippen LogP contribution is 2.19. The third kappa shape index (κ3) is 4.47. The van der Waals surface area contributed by atoms with Gasteiger partial charge in [-0.3, -0.25) is 14.3 Å². The second kappa shape index (κ2) is 8.85. The molecule has 30 heavy (non-hydrogen) atoms. The number of nitrogens with one attached hydrogen (secondary N) is 2. The Labute approximate surface area is 181 Å². The van der Waals surface area contributed by atoms with Crippen LogP contribution >= 0.6 is 23.1 Å². The highest BCUT2D eigenvalue weighted by atomic mass is 32.2. The van der Waals surface area contributed by atoms with Crippen molar-refractivity contribution in [1.29, 1.82) is 0 Å². The van der Waals surface area contributed by atoms with E-state index in [0.717, 1.165) is 17.0 Å². The number of thioether (sulfide) groups is 1. The Hall–Kier alpha value is -2.91. The molecule has 2 N–H and O–H groups in total. The highest BCUT2D eigenvalue weighted by Gasteiger charge is 2.14. The molecule has 0 spiro atoms. The van der Waals surface area contributed by atoms with E-state index in [0.29, 0.717) is 28.5 Å². The average molecular weight is 440 g/mol. The molecule has 3 heterocycles. The number of aromatic nitrogens is 4. The molecular weight excluding hydrogens is 418 g/mol. The van der Waals surface area contributed by atoms with Crippen molar-refractivity contribution >= 4 is 39.2 Å². The van der Waals surface area contributed by atoms with Gasteiger partial charge in [-0.2, -0.15) is 5.10 Å². The predicted octanol–water partition coefficient (Wildman–Crippen LogP) is 3.25. The first-order chi connectivity index (χ1) is 14.5. The van der Waals surface area contributed by atoms with Gasteiger partial charge in [0.05, 0.1) is 23.4 Å². The quantitative estimate of drug-likeness (QED) is 0.341. The molecule has 0 aliphatic carbocycles. The lowest BCUT2D eigenvalue weighted by Gasteiger charge is -2.07. The van der Waals surface area contributed by atoms with Crippen LogP contribution in [0.1, 0.15) is 22.5 Å². The standard InChI is InChI=1S/C21H21N5O2S2/c1-13-17(14(2)26(25-13)11-15-6-4-3-5-7-15)10-22-18(27)12-30-21-23-19(28)16-8-9-29-20(16)24-21/h3-9H,10-12H2,1-2H3,(H,22,27)(H,23,24,28). The second-order valence-corrected chi connectivity index (χ2v) is 8.73. The molecule has 4 aromatic rings. The first kappa shape index (κ1) is 20.4. The fourth-order valence-electron chi connectivity index (χ4n) is 3.19. The molecule has 3 aromatic heterocycles. The van der Waals surface area contributed by atoms with Crippen LogP contribution in [0.4, 0.5) is 0 Å². The van der Waals surface area contributed by atoms with Crippen molar-refractivity contribution in [2.45, 2.75) is 32.1 Å². The molecule has 0 saturated carbocycles. The number of nitrogens with zero attached hydrogens (tertiary/aromatic N) is 3. The second-order valence-electron chi connectivity index (χ2n) is 6.87. The fraction of sp³-hybridized carbons (Fsp3) is 0.238. The summed E-state index contributed by atoms with van der Waals surface area (Å²) in [5, 5.41) is 10.4. The number of benzene rings is 1. The SMILES string of the molecule is Cc1nn(Cc2ccccc2)c(C)c1CNC(=O)CSc1nc2sccc2c(=O)[nH]1. The summed E-state index contributed by atoms with van der Waals surface area (Å²) < 4.78 is 1.96. The van der Waals surface area contributed by atoms with Crippen molar-refractivity contribution in [3.8, 4) is 0 Å². The molecule has 0 aliphatic rings. The van der Waals surface area contributed by atoms with Crippen LogP contribution < -0.4 is 10.9 Å². The van der Waals surface area contributed by atoms with Crippen molar-refractivity contribution in [3.63, 3.8) is 0 Å². The molecule has 0 fully saturated rings. The van der Waals surface area contributed by atoms with Crippen LogP contribution in [0.5, 0.6) is 0 Å². The summed E-state index contributed by atoms with van der Waals surface area (Å²) in [7, 11) is 0. The lowest BCUT2D eigenvalue weighted by atomic mass is 10.2. The predicted molar refractivity (Wildman–Crippen MR) is 120 cm³/mol. The van der Waals surface area contributed by atoms with E-state index in [-0.39, 0.29) is 17.2 Å². The highest BCUT2D eigenvalue weighted by molar-refractivity contribution is 7.99. The Kier molecular flexibility index (Phi) is 6.01. The Bertz CT molecular complexity index is 1240. The van der Waals surface area contributed by atoms with Gasteiger partial charge in [0.15, 0.2) is 5.16 Å². The number of carbonyl (C=O) groups excluding carboxylic acids is 1. The minimum atomic E-state index is -0.179. The number of thiophene rings is 1. The van der Waals surface area contributed by atoms with Crippen molar-refractivity contribution in [2.75, 3.05) is 5.75 Å². The Morgan fingerprint density at radius 3 is 2.83 bits per heavy atom. The van der Waals surface area contributed by atoms with Crippen LogP contribution in [0.2, 0.25) is 0 Å². The van der Waals surface area contributed by atoms with E-state index in [1.54, 1.807) is 6.07 Å². The summed E-state index contributed by atoms with van der Waals surface area (Å²) in [6.07, 6.45) is 0. The summed E-state index contributed by atoms with van der Waals surface area (Å²) in [4.78, 5) is 32.1. The normalized spacial score (nSPS) is 11.1. The number of hydrogen-bond acceptors (Lipinski definition) is 6. The van der Waals surface area contributed by atoms with Crippen molar-refractivity contribution in [2.24, 2.45) is 0 Å². The lowest BCUT2D eigenvalue weighted by Crippen LogP contribution is -2.25. The Balaban J connectivity index is 1.36. The number of rotatable bonds is 7. The number of fused-ring (bicyclic) bond motifs is 1. The van der Waals surface area contributed by atoms with Crippen molar-refractivity contribution in [1.82, 2.24) is 25.1 Å². The van der Waals surface area contributed by atoms with Crippen LogP contribution in [0.3, 0.4) is 0 Å². The number of amides is 1. The molecule has 0 saturated heterocycles. The largest absolute Gasteiger partial charge is 0.351 e. The minimum Gasteiger partial charge on any atom is -0.351 e. The van der Waals surface area contributed by atoms with E-state index in [9.17, 15) is 9.59 Å². The number of hydrogen-bond donors (Lipinski definition) is 2. The Morgan fingerprint density at radius 2 is 2.03 bits per heavy atom. The zero-order chi connectivity index (χ0) is 21.1. The summed E-state index contributed by atoms with van der Waals surface area (Å²) in [5.74, 6) is 0.0549. The molecule has 4 rings (SSSR count). The maximum absolute atomic E-state index is 12.3. The van der Waals surface area contributed by atoms with Gasteiger partial charge in [0.1, 0.15) is 4.83 Å². The van der Waals surface area contributed by atoms with Gasteiger partial charge in [-0.25, -0.2) is 4.98 Å². The number of aromatic amines is 1. The van der Waals surface area contributed by atoms with Crippen LogP contribution in [-0.2, 0) is 17.9 Å². The van der Waals surface area contributed by atoms with E-state index in [1.807, 2.05) is 42.1 Å². The fourth-order valence-corrected chi connectivity index (χ4v) is 4.70. The topological polar surface area (TPSA) is 92.7 Å². The zero-order valence-corrected chi connectivity index (χ0v) is 18.3. The first-order valence-electron chi connectivity index (χ1n) is 9.45. The van der Waals surface area contributed by atoms with Crippen LogP contribution in [-0.4, -0.2) is 31.4 Å². The van der Waals surface area contributed by atoms with Crippen LogP contribution in [0.25, 0.3) is 10.2 Å². The Morgan fingerprint density at radius 1 is 1.23 bits per heavy atom. The third-order valence-corrected chi connectivity index (χ3v) is 6.50. The summed E-state index contributed by atoms with van der Waals surface area (Å²) in [5.41, 5.74) is 3.97. The zero-order valence-electron chi connectivity index (χ0n) is 16.6. The summed E-state index contributed by atoms with van der Waals surface area (Å²) in [6.45, 7) is 5.08. The van der Waals surface area contributed by atoms with Crippen LogP contribution in [0, 0.1) is 13.8 Å². The molecule has 1 amide bonds. The average Bonchev–Trinajstić information content (AvgIpc) is 3.31. The summed E-state index contributed by atoms with van der Waals surface area (Å²) in [6, 6.07) is 11.9. The lowest BCUT2D eigenvalue weighted by molar-refractivity contribution is -0.118. The van der Waals surface area contributed by atoms with Crippen molar-refractivity contribution < 1.29 is 4.79 Å². The minimum absolute atomic E-state index is 0.122. The van der Waals surface area contributed by atoms with Gasteiger partial charge in [0, 0.05) is 17.8 Å². The molecule has 0 atom stereocenters. The molecule has 0 unspecified atom stereocenters. The number of H-pyrrole nitrogens is 1. The molecule has 1 aromatic carbocycles. The van der Waals surface area contributed by atoms with E-state index in [4.69, 9.17) is 0 Å². The van der Waals surface area contributed by atoms with Crippen molar-refractivity contribution in [3.05, 3.63) is 74.6 Å². The van der Waals surface area contributed by atoms with Gasteiger partial charge in [0.2, 0.25) is 5.91 Å². The van der Waals surface area contributed by atoms with E-state index < -0.39 is 0 Å². The molecule has 9 heteroatoms. The molecule has 0 aliphatic heterocycles. The van der Waals surface area contributed by atoms with E-state index in [2.05, 4.69) is 32.5 Å². The maximum Gasteiger partial charge on any atom is 0.260 e. The first-order valence-corrected chi connectivity index (χ1v) is 11.3. The van der Waals surface area contributed by atoms with E-state index >= 15 is 0 Å². The van der Waals surface area contributed by atoms with Gasteiger partial charge in [0.25, 0.3) is 5.56 Å². The molecule has 154 valence electrons. The van der Waals surface area contributed by atoms with Crippen LogP contribution in [0.15, 0.2) is 51.7 Å². The molecule has 0 bridgehead atoms. The van der Waals surface area contributed by atoms with Gasteiger partial charge in [-0.1, -0.05) is 42.1 Å². The van der Waals surface area contributed by atoms with E-state index in [1.165, 1.54) is 28.7 Å². The molecular formula is C21H21N5O2S2. The van der Waals surface area contributed by atoms with Gasteiger partial charge < -0.3 is 10.3 Å². The van der Waals surface area contributed by atoms with Gasteiger partial charge >= 0.3 is 0 Å². The number of carbonyl (C=O) groups is 1. The number of aryl methyl sites for hydroxylation is 1. The molecule has 0 radical (unpaired) electrons. The summed E-state index contributed by atoms with van der Waals surface area (Å²) >= 11 is 2.63.